The van der Waals surface area contributed by atoms with Crippen molar-refractivity contribution in [2.45, 2.75) is 50.9 Å². The zero-order chi connectivity index (χ0) is 16.2. The molecule has 2 aromatic rings. The van der Waals surface area contributed by atoms with E-state index >= 15 is 0 Å². The molecular weight excluding hydrogens is 302 g/mol. The highest BCUT2D eigenvalue weighted by molar-refractivity contribution is 5.43. The Kier molecular flexibility index (Phi) is 4.83. The van der Waals surface area contributed by atoms with Crippen molar-refractivity contribution >= 4 is 0 Å². The second-order valence-corrected chi connectivity index (χ2v) is 7.14. The van der Waals surface area contributed by atoms with Gasteiger partial charge in [-0.05, 0) is 38.1 Å². The van der Waals surface area contributed by atoms with Crippen LogP contribution >= 0.6 is 0 Å². The second kappa shape index (κ2) is 7.38. The number of piperidine rings is 1. The number of nitrogens with zero attached hydrogens (tertiary/aromatic N) is 5. The number of likely N-dealkylation sites (tertiary alicyclic amines) is 1. The maximum atomic E-state index is 5.90. The summed E-state index contributed by atoms with van der Waals surface area (Å²) in [7, 11) is 0. The van der Waals surface area contributed by atoms with Gasteiger partial charge in [0.25, 0.3) is 5.89 Å². The smallest absolute Gasteiger partial charge is 0.267 e. The van der Waals surface area contributed by atoms with Gasteiger partial charge in [-0.2, -0.15) is 0 Å². The summed E-state index contributed by atoms with van der Waals surface area (Å²) in [5.74, 6) is 2.46. The van der Waals surface area contributed by atoms with Gasteiger partial charge >= 0.3 is 0 Å². The van der Waals surface area contributed by atoms with Gasteiger partial charge in [-0.3, -0.25) is 4.98 Å². The fraction of sp³-hybridized carbons (Fsp3) is 0.667. The van der Waals surface area contributed by atoms with E-state index in [2.05, 4.69) is 25.1 Å². The van der Waals surface area contributed by atoms with Crippen LogP contribution in [0.4, 0.5) is 0 Å². The Morgan fingerprint density at radius 3 is 2.79 bits per heavy atom. The molecule has 0 spiro atoms. The summed E-state index contributed by atoms with van der Waals surface area (Å²) in [6, 6.07) is 0. The molecule has 2 aliphatic rings. The standard InChI is InChI=1S/C18H25N5O/c1-2-5-14(6-3-1)12-23-10-4-7-15(13-23)17-21-22-18(24-17)16-11-19-8-9-20-16/h8-9,11,14-15H,1-7,10,12-13H2. The molecular formula is C18H25N5O. The summed E-state index contributed by atoms with van der Waals surface area (Å²) in [4.78, 5) is 10.9. The zero-order valence-corrected chi connectivity index (χ0v) is 14.1. The van der Waals surface area contributed by atoms with Crippen molar-refractivity contribution < 1.29 is 4.42 Å². The van der Waals surface area contributed by atoms with E-state index in [-0.39, 0.29) is 0 Å². The SMILES string of the molecule is c1cnc(-c2nnc(C3CCCN(CC4CCCCC4)C3)o2)cn1. The molecule has 6 heteroatoms. The van der Waals surface area contributed by atoms with Crippen molar-refractivity contribution in [3.63, 3.8) is 0 Å². The fourth-order valence-corrected chi connectivity index (χ4v) is 4.07. The molecule has 0 N–H and O–H groups in total. The Morgan fingerprint density at radius 2 is 1.96 bits per heavy atom. The van der Waals surface area contributed by atoms with Crippen LogP contribution < -0.4 is 0 Å². The van der Waals surface area contributed by atoms with Crippen LogP contribution in [-0.4, -0.2) is 44.7 Å². The second-order valence-electron chi connectivity index (χ2n) is 7.14. The molecule has 1 saturated heterocycles. The molecule has 128 valence electrons. The number of aromatic nitrogens is 4. The van der Waals surface area contributed by atoms with E-state index in [1.54, 1.807) is 18.6 Å². The van der Waals surface area contributed by atoms with Crippen LogP contribution in [0.2, 0.25) is 0 Å². The van der Waals surface area contributed by atoms with E-state index in [9.17, 15) is 0 Å². The molecule has 3 heterocycles. The Balaban J connectivity index is 1.40. The highest BCUT2D eigenvalue weighted by Crippen LogP contribution is 2.30. The van der Waals surface area contributed by atoms with Gasteiger partial charge in [-0.25, -0.2) is 4.98 Å². The molecule has 0 aromatic carbocycles. The van der Waals surface area contributed by atoms with Crippen LogP contribution in [0.15, 0.2) is 23.0 Å². The minimum atomic E-state index is 0.347. The first-order chi connectivity index (χ1) is 11.9. The first kappa shape index (κ1) is 15.7. The van der Waals surface area contributed by atoms with Crippen LogP contribution in [-0.2, 0) is 0 Å². The van der Waals surface area contributed by atoms with Crippen molar-refractivity contribution in [2.75, 3.05) is 19.6 Å². The summed E-state index contributed by atoms with van der Waals surface area (Å²) < 4.78 is 5.90. The molecule has 0 bridgehead atoms. The van der Waals surface area contributed by atoms with E-state index in [0.717, 1.165) is 24.8 Å². The van der Waals surface area contributed by atoms with E-state index in [1.165, 1.54) is 51.6 Å². The third kappa shape index (κ3) is 3.64. The summed E-state index contributed by atoms with van der Waals surface area (Å²) in [6.07, 6.45) is 14.3. The van der Waals surface area contributed by atoms with Gasteiger partial charge < -0.3 is 9.32 Å². The van der Waals surface area contributed by atoms with Crippen molar-refractivity contribution in [2.24, 2.45) is 5.92 Å². The van der Waals surface area contributed by atoms with Gasteiger partial charge in [-0.15, -0.1) is 10.2 Å². The Labute approximate surface area is 142 Å². The molecule has 4 rings (SSSR count). The quantitative estimate of drug-likeness (QED) is 0.858. The lowest BCUT2D eigenvalue weighted by atomic mass is 9.88. The molecule has 24 heavy (non-hydrogen) atoms. The first-order valence-electron chi connectivity index (χ1n) is 9.20. The van der Waals surface area contributed by atoms with Crippen molar-refractivity contribution in [3.8, 4) is 11.6 Å². The highest BCUT2D eigenvalue weighted by Gasteiger charge is 2.28. The molecule has 0 radical (unpaired) electrons. The summed E-state index contributed by atoms with van der Waals surface area (Å²) >= 11 is 0. The minimum Gasteiger partial charge on any atom is -0.419 e. The third-order valence-electron chi connectivity index (χ3n) is 5.32. The zero-order valence-electron chi connectivity index (χ0n) is 14.1. The molecule has 1 aliphatic heterocycles. The van der Waals surface area contributed by atoms with E-state index in [4.69, 9.17) is 4.42 Å². The Bertz CT molecular complexity index is 638. The monoisotopic (exact) mass is 327 g/mol. The average molecular weight is 327 g/mol. The van der Waals surface area contributed by atoms with E-state index in [1.807, 2.05) is 0 Å². The molecule has 0 amide bonds. The summed E-state index contributed by atoms with van der Waals surface area (Å²) in [5, 5.41) is 8.45. The molecule has 6 nitrogen and oxygen atoms in total. The maximum Gasteiger partial charge on any atom is 0.267 e. The highest BCUT2D eigenvalue weighted by atomic mass is 16.4. The van der Waals surface area contributed by atoms with Crippen LogP contribution in [0.25, 0.3) is 11.6 Å². The normalized spacial score (nSPS) is 23.4. The van der Waals surface area contributed by atoms with Crippen LogP contribution in [0.5, 0.6) is 0 Å². The van der Waals surface area contributed by atoms with Crippen molar-refractivity contribution in [1.29, 1.82) is 0 Å². The predicted octanol–water partition coefficient (Wildman–Crippen LogP) is 3.29. The maximum absolute atomic E-state index is 5.90. The topological polar surface area (TPSA) is 67.9 Å². The summed E-state index contributed by atoms with van der Waals surface area (Å²) in [6.45, 7) is 3.48. The Morgan fingerprint density at radius 1 is 1.04 bits per heavy atom. The van der Waals surface area contributed by atoms with Gasteiger partial charge in [0, 0.05) is 25.5 Å². The average Bonchev–Trinajstić information content (AvgIpc) is 3.14. The molecule has 1 unspecified atom stereocenters. The van der Waals surface area contributed by atoms with Gasteiger partial charge in [0.1, 0.15) is 5.69 Å². The Hall–Kier alpha value is -1.82. The lowest BCUT2D eigenvalue weighted by Gasteiger charge is -2.34. The molecule has 2 fully saturated rings. The van der Waals surface area contributed by atoms with Gasteiger partial charge in [-0.1, -0.05) is 19.3 Å². The molecule has 1 aliphatic carbocycles. The van der Waals surface area contributed by atoms with Gasteiger partial charge in [0.05, 0.1) is 12.1 Å². The lowest BCUT2D eigenvalue weighted by Crippen LogP contribution is -2.38. The van der Waals surface area contributed by atoms with E-state index in [0.29, 0.717) is 17.5 Å². The molecule has 1 atom stereocenters. The molecule has 1 saturated carbocycles. The lowest BCUT2D eigenvalue weighted by molar-refractivity contribution is 0.152. The van der Waals surface area contributed by atoms with Crippen LogP contribution in [0.3, 0.4) is 0 Å². The van der Waals surface area contributed by atoms with Gasteiger partial charge in [0.15, 0.2) is 0 Å². The predicted molar refractivity (Wildman–Crippen MR) is 90.3 cm³/mol. The molecule has 2 aromatic heterocycles. The van der Waals surface area contributed by atoms with Crippen LogP contribution in [0.1, 0.15) is 56.8 Å². The minimum absolute atomic E-state index is 0.347. The van der Waals surface area contributed by atoms with E-state index < -0.39 is 0 Å². The summed E-state index contributed by atoms with van der Waals surface area (Å²) in [5.41, 5.74) is 0.645. The largest absolute Gasteiger partial charge is 0.419 e. The number of hydrogen-bond acceptors (Lipinski definition) is 6. The third-order valence-corrected chi connectivity index (χ3v) is 5.32. The first-order valence-corrected chi connectivity index (χ1v) is 9.20. The van der Waals surface area contributed by atoms with Crippen molar-refractivity contribution in [1.82, 2.24) is 25.1 Å². The fourth-order valence-electron chi connectivity index (χ4n) is 4.07. The number of rotatable bonds is 4. The van der Waals surface area contributed by atoms with Crippen LogP contribution in [0, 0.1) is 5.92 Å². The van der Waals surface area contributed by atoms with Crippen molar-refractivity contribution in [3.05, 3.63) is 24.5 Å². The van der Waals surface area contributed by atoms with Gasteiger partial charge in [0.2, 0.25) is 5.89 Å². The number of hydrogen-bond donors (Lipinski definition) is 0.